The zero-order chi connectivity index (χ0) is 14.9. The van der Waals surface area contributed by atoms with Gasteiger partial charge in [-0.25, -0.2) is 4.98 Å². The van der Waals surface area contributed by atoms with Gasteiger partial charge in [-0.3, -0.25) is 14.2 Å². The molecule has 106 valence electrons. The summed E-state index contributed by atoms with van der Waals surface area (Å²) in [6, 6.07) is 6.15. The normalized spacial score (nSPS) is 13.3. The van der Waals surface area contributed by atoms with Crippen molar-refractivity contribution >= 4 is 16.9 Å². The first-order valence-corrected chi connectivity index (χ1v) is 5.54. The summed E-state index contributed by atoms with van der Waals surface area (Å²) in [7, 11) is 0. The molecule has 0 aliphatic carbocycles. The van der Waals surface area contributed by atoms with Gasteiger partial charge in [-0.2, -0.15) is 13.2 Å². The molecule has 0 fully saturated rings. The van der Waals surface area contributed by atoms with Gasteiger partial charge >= 0.3 is 12.1 Å². The molecule has 2 rings (SSSR count). The molecule has 1 atom stereocenters. The predicted octanol–water partition coefficient (Wildman–Crippen LogP) is 1.66. The van der Waals surface area contributed by atoms with Crippen LogP contribution in [-0.4, -0.2) is 26.8 Å². The number of rotatable bonds is 3. The smallest absolute Gasteiger partial charge is 0.403 e. The summed E-state index contributed by atoms with van der Waals surface area (Å²) in [5.41, 5.74) is -0.362. The van der Waals surface area contributed by atoms with E-state index in [2.05, 4.69) is 4.98 Å². The third-order valence-electron chi connectivity index (χ3n) is 2.80. The lowest BCUT2D eigenvalue weighted by molar-refractivity contribution is -0.196. The van der Waals surface area contributed by atoms with Crippen molar-refractivity contribution < 1.29 is 23.1 Å². The second-order valence-corrected chi connectivity index (χ2v) is 4.15. The van der Waals surface area contributed by atoms with Gasteiger partial charge in [-0.05, 0) is 12.1 Å². The van der Waals surface area contributed by atoms with Crippen molar-refractivity contribution in [1.82, 2.24) is 9.55 Å². The lowest BCUT2D eigenvalue weighted by Crippen LogP contribution is -2.37. The van der Waals surface area contributed by atoms with E-state index < -0.39 is 30.2 Å². The van der Waals surface area contributed by atoms with Crippen LogP contribution in [0.25, 0.3) is 10.9 Å². The number of carboxylic acids is 1. The van der Waals surface area contributed by atoms with Crippen molar-refractivity contribution in [3.05, 3.63) is 40.9 Å². The van der Waals surface area contributed by atoms with E-state index in [1.54, 1.807) is 18.2 Å². The van der Waals surface area contributed by atoms with Crippen LogP contribution < -0.4 is 5.56 Å². The van der Waals surface area contributed by atoms with Crippen LogP contribution in [0.3, 0.4) is 0 Å². The van der Waals surface area contributed by atoms with Crippen LogP contribution in [0.15, 0.2) is 35.4 Å². The van der Waals surface area contributed by atoms with Gasteiger partial charge in [0.2, 0.25) is 0 Å². The number of hydrogen-bond acceptors (Lipinski definition) is 3. The second-order valence-electron chi connectivity index (χ2n) is 4.15. The highest BCUT2D eigenvalue weighted by molar-refractivity contribution is 5.77. The highest BCUT2D eigenvalue weighted by Gasteiger charge is 2.45. The minimum atomic E-state index is -4.93. The van der Waals surface area contributed by atoms with E-state index in [-0.39, 0.29) is 5.39 Å². The second kappa shape index (κ2) is 4.95. The van der Waals surface area contributed by atoms with Gasteiger partial charge in [0.25, 0.3) is 5.56 Å². The van der Waals surface area contributed by atoms with Crippen molar-refractivity contribution in [2.45, 2.75) is 12.7 Å². The third-order valence-corrected chi connectivity index (χ3v) is 2.80. The summed E-state index contributed by atoms with van der Waals surface area (Å²) >= 11 is 0. The van der Waals surface area contributed by atoms with Crippen molar-refractivity contribution in [1.29, 1.82) is 0 Å². The van der Waals surface area contributed by atoms with Crippen LogP contribution in [0.2, 0.25) is 0 Å². The number of halogens is 3. The zero-order valence-corrected chi connectivity index (χ0v) is 9.96. The molecule has 0 spiro atoms. The molecule has 1 aromatic heterocycles. The minimum Gasteiger partial charge on any atom is -0.481 e. The fourth-order valence-corrected chi connectivity index (χ4v) is 1.75. The third kappa shape index (κ3) is 2.63. The molecule has 0 radical (unpaired) electrons. The van der Waals surface area contributed by atoms with Gasteiger partial charge in [-0.15, -0.1) is 0 Å². The molecule has 0 saturated carbocycles. The number of benzene rings is 1. The summed E-state index contributed by atoms with van der Waals surface area (Å²) in [5.74, 6) is -4.68. The van der Waals surface area contributed by atoms with Crippen LogP contribution in [0, 0.1) is 5.92 Å². The maximum absolute atomic E-state index is 12.6. The molecule has 1 heterocycles. The first kappa shape index (κ1) is 14.0. The number of alkyl halides is 3. The SMILES string of the molecule is O=C(O)C(Cn1cnc2ccccc2c1=O)C(F)(F)F. The van der Waals surface area contributed by atoms with E-state index >= 15 is 0 Å². The first-order chi connectivity index (χ1) is 9.30. The summed E-state index contributed by atoms with van der Waals surface area (Å²) in [4.78, 5) is 26.5. The van der Waals surface area contributed by atoms with Crippen molar-refractivity contribution in [3.63, 3.8) is 0 Å². The quantitative estimate of drug-likeness (QED) is 0.931. The van der Waals surface area contributed by atoms with Gasteiger partial charge in [-0.1, -0.05) is 12.1 Å². The number of hydrogen-bond donors (Lipinski definition) is 1. The number of aromatic nitrogens is 2. The average Bonchev–Trinajstić information content (AvgIpc) is 2.36. The Morgan fingerprint density at radius 3 is 2.60 bits per heavy atom. The lowest BCUT2D eigenvalue weighted by atomic mass is 10.1. The summed E-state index contributed by atoms with van der Waals surface area (Å²) in [6.07, 6.45) is -4.01. The molecule has 2 aromatic rings. The Hall–Kier alpha value is -2.38. The molecule has 1 N–H and O–H groups in total. The maximum atomic E-state index is 12.6. The number of carboxylic acid groups (broad SMARTS) is 1. The monoisotopic (exact) mass is 286 g/mol. The van der Waals surface area contributed by atoms with Crippen molar-refractivity contribution in [3.8, 4) is 0 Å². The molecule has 0 aliphatic rings. The van der Waals surface area contributed by atoms with E-state index in [1.807, 2.05) is 0 Å². The Balaban J connectivity index is 2.46. The Labute approximate surface area is 110 Å². The number of fused-ring (bicyclic) bond motifs is 1. The van der Waals surface area contributed by atoms with Crippen LogP contribution >= 0.6 is 0 Å². The molecule has 0 bridgehead atoms. The fraction of sp³-hybridized carbons (Fsp3) is 0.250. The Bertz CT molecular complexity index is 709. The van der Waals surface area contributed by atoms with E-state index in [0.29, 0.717) is 10.1 Å². The van der Waals surface area contributed by atoms with E-state index in [0.717, 1.165) is 6.33 Å². The number of nitrogens with zero attached hydrogens (tertiary/aromatic N) is 2. The molecule has 8 heteroatoms. The molecule has 0 saturated heterocycles. The summed E-state index contributed by atoms with van der Waals surface area (Å²) < 4.78 is 38.4. The number of aliphatic carboxylic acids is 1. The zero-order valence-electron chi connectivity index (χ0n) is 9.96. The highest BCUT2D eigenvalue weighted by atomic mass is 19.4. The molecule has 0 amide bonds. The van der Waals surface area contributed by atoms with Crippen LogP contribution in [-0.2, 0) is 11.3 Å². The van der Waals surface area contributed by atoms with E-state index in [9.17, 15) is 22.8 Å². The first-order valence-electron chi connectivity index (χ1n) is 5.54. The highest BCUT2D eigenvalue weighted by Crippen LogP contribution is 2.27. The molecular formula is C12H9F3N2O3. The molecule has 0 aliphatic heterocycles. The fourth-order valence-electron chi connectivity index (χ4n) is 1.75. The van der Waals surface area contributed by atoms with E-state index in [4.69, 9.17) is 5.11 Å². The average molecular weight is 286 g/mol. The standard InChI is InChI=1S/C12H9F3N2O3/c13-12(14,15)8(11(19)20)5-17-6-16-9-4-2-1-3-7(9)10(17)18/h1-4,6,8H,5H2,(H,19,20). The van der Waals surface area contributed by atoms with Gasteiger partial charge in [0, 0.05) is 6.54 Å². The van der Waals surface area contributed by atoms with Crippen LogP contribution in [0.1, 0.15) is 0 Å². The van der Waals surface area contributed by atoms with Crippen LogP contribution in [0.5, 0.6) is 0 Å². The Morgan fingerprint density at radius 1 is 1.35 bits per heavy atom. The predicted molar refractivity (Wildman–Crippen MR) is 63.2 cm³/mol. The molecule has 1 unspecified atom stereocenters. The maximum Gasteiger partial charge on any atom is 0.403 e. The van der Waals surface area contributed by atoms with Gasteiger partial charge in [0.05, 0.1) is 17.2 Å². The molecule has 1 aromatic carbocycles. The largest absolute Gasteiger partial charge is 0.481 e. The summed E-state index contributed by atoms with van der Waals surface area (Å²) in [6.45, 7) is -1.00. The minimum absolute atomic E-state index is 0.140. The van der Waals surface area contributed by atoms with Gasteiger partial charge in [0.15, 0.2) is 5.92 Å². The molecule has 20 heavy (non-hydrogen) atoms. The van der Waals surface area contributed by atoms with Crippen LogP contribution in [0.4, 0.5) is 13.2 Å². The van der Waals surface area contributed by atoms with Gasteiger partial charge in [0.1, 0.15) is 0 Å². The topological polar surface area (TPSA) is 72.2 Å². The molecule has 5 nitrogen and oxygen atoms in total. The number of para-hydroxylation sites is 1. The lowest BCUT2D eigenvalue weighted by Gasteiger charge is -2.17. The van der Waals surface area contributed by atoms with Gasteiger partial charge < -0.3 is 5.11 Å². The summed E-state index contributed by atoms with van der Waals surface area (Å²) in [5, 5.41) is 8.76. The Kier molecular flexibility index (Phi) is 3.47. The Morgan fingerprint density at radius 2 is 2.00 bits per heavy atom. The van der Waals surface area contributed by atoms with E-state index in [1.165, 1.54) is 6.07 Å². The van der Waals surface area contributed by atoms with Crippen molar-refractivity contribution in [2.75, 3.05) is 0 Å². The molecular weight excluding hydrogens is 277 g/mol. The number of carbonyl (C=O) groups is 1. The van der Waals surface area contributed by atoms with Crippen molar-refractivity contribution in [2.24, 2.45) is 5.92 Å².